The van der Waals surface area contributed by atoms with Crippen molar-refractivity contribution < 1.29 is 18.0 Å². The van der Waals surface area contributed by atoms with Crippen molar-refractivity contribution >= 4 is 17.2 Å². The Labute approximate surface area is 158 Å². The smallest absolute Gasteiger partial charge is 0.352 e. The third-order valence-electron chi connectivity index (χ3n) is 3.90. The summed E-state index contributed by atoms with van der Waals surface area (Å²) in [4.78, 5) is 16.6. The normalized spacial score (nSPS) is 11.4. The number of amides is 1. The van der Waals surface area contributed by atoms with Crippen molar-refractivity contribution in [2.45, 2.75) is 26.1 Å². The number of thiazole rings is 1. The minimum atomic E-state index is -4.40. The summed E-state index contributed by atoms with van der Waals surface area (Å²) < 4.78 is 38.2. The fourth-order valence-electron chi connectivity index (χ4n) is 2.58. The number of carbonyl (C=O) groups excluding carboxylic acids is 1. The van der Waals surface area contributed by atoms with Gasteiger partial charge in [-0.2, -0.15) is 13.2 Å². The molecule has 1 heterocycles. The van der Waals surface area contributed by atoms with Crippen LogP contribution in [0.3, 0.4) is 0 Å². The van der Waals surface area contributed by atoms with E-state index in [9.17, 15) is 18.0 Å². The molecular weight excluding hydrogens is 373 g/mol. The van der Waals surface area contributed by atoms with Crippen molar-refractivity contribution in [3.05, 3.63) is 76.3 Å². The molecule has 0 saturated carbocycles. The molecule has 0 aliphatic carbocycles. The van der Waals surface area contributed by atoms with E-state index in [1.54, 1.807) is 6.07 Å². The van der Waals surface area contributed by atoms with Crippen LogP contribution < -0.4 is 5.32 Å². The maximum atomic E-state index is 12.7. The number of aryl methyl sites for hydroxylation is 1. The van der Waals surface area contributed by atoms with Crippen LogP contribution in [0.2, 0.25) is 0 Å². The first-order valence-electron chi connectivity index (χ1n) is 8.25. The third kappa shape index (κ3) is 5.17. The number of hydrogen-bond acceptors (Lipinski definition) is 3. The van der Waals surface area contributed by atoms with Crippen LogP contribution in [0.15, 0.2) is 53.9 Å². The standard InChI is InChI=1S/C20H17F3N2OS/c1-13-4-2-6-15(8-13)19-25-17(12-27-19)10-18(26)24-11-14-5-3-7-16(9-14)20(21,22)23/h2-9,12H,10-11H2,1H3,(H,24,26). The summed E-state index contributed by atoms with van der Waals surface area (Å²) in [6, 6.07) is 12.9. The number of rotatable bonds is 5. The predicted molar refractivity (Wildman–Crippen MR) is 99.3 cm³/mol. The number of hydrogen-bond donors (Lipinski definition) is 1. The van der Waals surface area contributed by atoms with E-state index in [1.165, 1.54) is 17.4 Å². The zero-order valence-corrected chi connectivity index (χ0v) is 15.3. The number of alkyl halides is 3. The van der Waals surface area contributed by atoms with Gasteiger partial charge in [0.15, 0.2) is 0 Å². The van der Waals surface area contributed by atoms with E-state index in [2.05, 4.69) is 10.3 Å². The SMILES string of the molecule is Cc1cccc(-c2nc(CC(=O)NCc3cccc(C(F)(F)F)c3)cs2)c1. The molecule has 0 saturated heterocycles. The van der Waals surface area contributed by atoms with E-state index in [1.807, 2.05) is 36.6 Å². The quantitative estimate of drug-likeness (QED) is 0.666. The van der Waals surface area contributed by atoms with Crippen molar-refractivity contribution in [3.63, 3.8) is 0 Å². The molecule has 1 amide bonds. The average Bonchev–Trinajstić information content (AvgIpc) is 3.08. The second-order valence-electron chi connectivity index (χ2n) is 6.17. The Bertz CT molecular complexity index is 950. The lowest BCUT2D eigenvalue weighted by molar-refractivity contribution is -0.137. The molecule has 1 N–H and O–H groups in total. The van der Waals surface area contributed by atoms with Gasteiger partial charge in [-0.05, 0) is 30.7 Å². The van der Waals surface area contributed by atoms with Crippen LogP contribution in [-0.4, -0.2) is 10.9 Å². The lowest BCUT2D eigenvalue weighted by Gasteiger charge is -2.09. The van der Waals surface area contributed by atoms with Crippen LogP contribution in [-0.2, 0) is 23.9 Å². The van der Waals surface area contributed by atoms with E-state index in [0.29, 0.717) is 11.3 Å². The molecule has 3 nitrogen and oxygen atoms in total. The van der Waals surface area contributed by atoms with Gasteiger partial charge in [0.1, 0.15) is 5.01 Å². The minimum absolute atomic E-state index is 0.0393. The van der Waals surface area contributed by atoms with Crippen LogP contribution in [0.4, 0.5) is 13.2 Å². The van der Waals surface area contributed by atoms with Crippen molar-refractivity contribution in [1.29, 1.82) is 0 Å². The lowest BCUT2D eigenvalue weighted by Crippen LogP contribution is -2.24. The van der Waals surface area contributed by atoms with Gasteiger partial charge < -0.3 is 5.32 Å². The summed E-state index contributed by atoms with van der Waals surface area (Å²) in [5.74, 6) is -0.284. The van der Waals surface area contributed by atoms with Crippen molar-refractivity contribution in [2.24, 2.45) is 0 Å². The monoisotopic (exact) mass is 390 g/mol. The van der Waals surface area contributed by atoms with Gasteiger partial charge in [-0.25, -0.2) is 4.98 Å². The highest BCUT2D eigenvalue weighted by atomic mass is 32.1. The molecule has 27 heavy (non-hydrogen) atoms. The fraction of sp³-hybridized carbons (Fsp3) is 0.200. The van der Waals surface area contributed by atoms with Crippen LogP contribution in [0.5, 0.6) is 0 Å². The molecule has 0 atom stereocenters. The van der Waals surface area contributed by atoms with Gasteiger partial charge in [0.25, 0.3) is 0 Å². The zero-order chi connectivity index (χ0) is 19.4. The summed E-state index contributed by atoms with van der Waals surface area (Å²) in [7, 11) is 0. The zero-order valence-electron chi connectivity index (χ0n) is 14.5. The number of nitrogens with zero attached hydrogens (tertiary/aromatic N) is 1. The minimum Gasteiger partial charge on any atom is -0.352 e. The highest BCUT2D eigenvalue weighted by Crippen LogP contribution is 2.29. The molecule has 140 valence electrons. The Balaban J connectivity index is 1.59. The summed E-state index contributed by atoms with van der Waals surface area (Å²) >= 11 is 1.46. The average molecular weight is 390 g/mol. The van der Waals surface area contributed by atoms with Gasteiger partial charge >= 0.3 is 6.18 Å². The van der Waals surface area contributed by atoms with E-state index in [-0.39, 0.29) is 18.9 Å². The maximum Gasteiger partial charge on any atom is 0.416 e. The van der Waals surface area contributed by atoms with E-state index < -0.39 is 11.7 Å². The van der Waals surface area contributed by atoms with Gasteiger partial charge in [-0.3, -0.25) is 4.79 Å². The first kappa shape index (κ1) is 19.1. The number of halogens is 3. The van der Waals surface area contributed by atoms with Gasteiger partial charge in [0, 0.05) is 17.5 Å². The fourth-order valence-corrected chi connectivity index (χ4v) is 3.40. The van der Waals surface area contributed by atoms with Gasteiger partial charge in [-0.1, -0.05) is 35.9 Å². The molecular formula is C20H17F3N2OS. The lowest BCUT2D eigenvalue weighted by atomic mass is 10.1. The highest BCUT2D eigenvalue weighted by molar-refractivity contribution is 7.13. The highest BCUT2D eigenvalue weighted by Gasteiger charge is 2.30. The molecule has 0 aliphatic rings. The van der Waals surface area contributed by atoms with Crippen molar-refractivity contribution in [3.8, 4) is 10.6 Å². The van der Waals surface area contributed by atoms with Gasteiger partial charge in [-0.15, -0.1) is 11.3 Å². The third-order valence-corrected chi connectivity index (χ3v) is 4.84. The van der Waals surface area contributed by atoms with E-state index >= 15 is 0 Å². The number of benzene rings is 2. The van der Waals surface area contributed by atoms with Crippen molar-refractivity contribution in [1.82, 2.24) is 10.3 Å². The molecule has 1 aromatic heterocycles. The second-order valence-corrected chi connectivity index (χ2v) is 7.02. The molecule has 0 spiro atoms. The van der Waals surface area contributed by atoms with Crippen LogP contribution in [0.1, 0.15) is 22.4 Å². The Morgan fingerprint density at radius 2 is 1.93 bits per heavy atom. The predicted octanol–water partition coefficient (Wildman–Crippen LogP) is 5.00. The molecule has 0 bridgehead atoms. The topological polar surface area (TPSA) is 42.0 Å². The molecule has 0 radical (unpaired) electrons. The number of aromatic nitrogens is 1. The van der Waals surface area contributed by atoms with Crippen LogP contribution in [0, 0.1) is 6.92 Å². The van der Waals surface area contributed by atoms with Crippen LogP contribution >= 0.6 is 11.3 Å². The van der Waals surface area contributed by atoms with E-state index in [4.69, 9.17) is 0 Å². The van der Waals surface area contributed by atoms with Crippen molar-refractivity contribution in [2.75, 3.05) is 0 Å². The Morgan fingerprint density at radius 1 is 1.15 bits per heavy atom. The largest absolute Gasteiger partial charge is 0.416 e. The Hall–Kier alpha value is -2.67. The second kappa shape index (κ2) is 7.92. The van der Waals surface area contributed by atoms with Gasteiger partial charge in [0.2, 0.25) is 5.91 Å². The first-order valence-corrected chi connectivity index (χ1v) is 9.13. The molecule has 2 aromatic carbocycles. The molecule has 0 unspecified atom stereocenters. The summed E-state index contributed by atoms with van der Waals surface area (Å²) in [5, 5.41) is 5.30. The maximum absolute atomic E-state index is 12.7. The summed E-state index contributed by atoms with van der Waals surface area (Å²) in [6.45, 7) is 2.04. The summed E-state index contributed by atoms with van der Waals surface area (Å²) in [6.07, 6.45) is -4.31. The van der Waals surface area contributed by atoms with Crippen LogP contribution in [0.25, 0.3) is 10.6 Å². The molecule has 7 heteroatoms. The Morgan fingerprint density at radius 3 is 2.67 bits per heavy atom. The summed E-state index contributed by atoms with van der Waals surface area (Å²) in [5.41, 5.74) is 2.44. The van der Waals surface area contributed by atoms with E-state index in [0.717, 1.165) is 28.3 Å². The first-order chi connectivity index (χ1) is 12.8. The molecule has 0 aliphatic heterocycles. The molecule has 3 aromatic rings. The molecule has 0 fully saturated rings. The Kier molecular flexibility index (Phi) is 5.60. The number of carbonyl (C=O) groups is 1. The number of nitrogens with one attached hydrogen (secondary N) is 1. The van der Waals surface area contributed by atoms with Gasteiger partial charge in [0.05, 0.1) is 17.7 Å². The molecule has 3 rings (SSSR count).